The van der Waals surface area contributed by atoms with Crippen molar-refractivity contribution >= 4 is 23.0 Å². The fraction of sp³-hybridized carbons (Fsp3) is 0.0476. The SMILES string of the molecule is Cc1cnc2ccc(-c3c(-c4ccc(F)cc4)nc(N)c4nc(C(N)=O)cn34)cn12. The van der Waals surface area contributed by atoms with Crippen LogP contribution >= 0.6 is 0 Å². The minimum absolute atomic E-state index is 0.0703. The molecule has 0 aliphatic rings. The third-order valence-corrected chi connectivity index (χ3v) is 4.97. The summed E-state index contributed by atoms with van der Waals surface area (Å²) < 4.78 is 17.1. The molecule has 30 heavy (non-hydrogen) atoms. The Kier molecular flexibility index (Phi) is 3.78. The number of hydrogen-bond donors (Lipinski definition) is 2. The van der Waals surface area contributed by atoms with Crippen molar-refractivity contribution in [2.75, 3.05) is 5.73 Å². The number of nitrogens with zero attached hydrogens (tertiary/aromatic N) is 5. The van der Waals surface area contributed by atoms with Gasteiger partial charge in [0.2, 0.25) is 0 Å². The van der Waals surface area contributed by atoms with Gasteiger partial charge in [-0.15, -0.1) is 0 Å². The number of halogens is 1. The highest BCUT2D eigenvalue weighted by Crippen LogP contribution is 2.34. The largest absolute Gasteiger partial charge is 0.381 e. The van der Waals surface area contributed by atoms with Gasteiger partial charge in [-0.05, 0) is 43.3 Å². The van der Waals surface area contributed by atoms with Crippen LogP contribution in [0.4, 0.5) is 10.2 Å². The number of amides is 1. The van der Waals surface area contributed by atoms with E-state index in [9.17, 15) is 9.18 Å². The monoisotopic (exact) mass is 401 g/mol. The van der Waals surface area contributed by atoms with E-state index in [-0.39, 0.29) is 17.3 Å². The lowest BCUT2D eigenvalue weighted by Crippen LogP contribution is -2.10. The molecule has 4 aromatic heterocycles. The summed E-state index contributed by atoms with van der Waals surface area (Å²) in [6, 6.07) is 9.73. The van der Waals surface area contributed by atoms with Gasteiger partial charge in [0.05, 0.1) is 11.4 Å². The van der Waals surface area contributed by atoms with Gasteiger partial charge in [0.15, 0.2) is 11.5 Å². The summed E-state index contributed by atoms with van der Waals surface area (Å²) in [4.78, 5) is 24.9. The lowest BCUT2D eigenvalue weighted by molar-refractivity contribution is 0.0996. The molecule has 9 heteroatoms. The number of imidazole rings is 2. The number of rotatable bonds is 3. The molecule has 0 aliphatic carbocycles. The molecule has 8 nitrogen and oxygen atoms in total. The molecule has 0 aliphatic heterocycles. The summed E-state index contributed by atoms with van der Waals surface area (Å²) in [6.45, 7) is 1.95. The van der Waals surface area contributed by atoms with Crippen LogP contribution in [0.25, 0.3) is 33.8 Å². The number of aromatic nitrogens is 5. The van der Waals surface area contributed by atoms with Crippen LogP contribution in [0, 0.1) is 12.7 Å². The van der Waals surface area contributed by atoms with Crippen molar-refractivity contribution in [3.05, 3.63) is 72.2 Å². The van der Waals surface area contributed by atoms with E-state index >= 15 is 0 Å². The molecule has 0 saturated carbocycles. The van der Waals surface area contributed by atoms with Crippen LogP contribution in [0.1, 0.15) is 16.2 Å². The highest BCUT2D eigenvalue weighted by molar-refractivity contribution is 5.93. The standard InChI is InChI=1S/C21H16FN7O/c1-11-8-25-16-7-4-13(9-28(11)16)18-17(12-2-5-14(22)6-3-12)27-19(23)21-26-15(20(24)30)10-29(18)21/h2-10H,1H3,(H2,23,27)(H2,24,30). The Morgan fingerprint density at radius 2 is 1.73 bits per heavy atom. The van der Waals surface area contributed by atoms with Gasteiger partial charge >= 0.3 is 0 Å². The lowest BCUT2D eigenvalue weighted by atomic mass is 10.0. The topological polar surface area (TPSA) is 117 Å². The number of hydrogen-bond acceptors (Lipinski definition) is 5. The predicted octanol–water partition coefficient (Wildman–Crippen LogP) is 2.84. The minimum Gasteiger partial charge on any atom is -0.381 e. The molecule has 5 rings (SSSR count). The van der Waals surface area contributed by atoms with Gasteiger partial charge in [-0.1, -0.05) is 0 Å². The minimum atomic E-state index is -0.673. The Morgan fingerprint density at radius 3 is 2.47 bits per heavy atom. The van der Waals surface area contributed by atoms with Crippen LogP contribution in [0.3, 0.4) is 0 Å². The number of nitrogen functional groups attached to an aromatic ring is 1. The number of carbonyl (C=O) groups is 1. The molecule has 1 amide bonds. The summed E-state index contributed by atoms with van der Waals surface area (Å²) in [5.41, 5.74) is 16.3. The summed E-state index contributed by atoms with van der Waals surface area (Å²) >= 11 is 0. The van der Waals surface area contributed by atoms with Crippen molar-refractivity contribution < 1.29 is 9.18 Å². The quantitative estimate of drug-likeness (QED) is 0.482. The van der Waals surface area contributed by atoms with Gasteiger partial charge in [-0.25, -0.2) is 19.3 Å². The zero-order valence-electron chi connectivity index (χ0n) is 15.9. The van der Waals surface area contributed by atoms with E-state index in [0.717, 1.165) is 16.9 Å². The molecule has 5 aromatic rings. The van der Waals surface area contributed by atoms with E-state index in [1.54, 1.807) is 22.7 Å². The average molecular weight is 401 g/mol. The Labute approximate surface area is 169 Å². The molecular formula is C21H16FN7O. The van der Waals surface area contributed by atoms with Gasteiger partial charge in [-0.2, -0.15) is 0 Å². The maximum absolute atomic E-state index is 13.5. The van der Waals surface area contributed by atoms with E-state index in [4.69, 9.17) is 11.5 Å². The van der Waals surface area contributed by atoms with Gasteiger partial charge in [0, 0.05) is 35.4 Å². The van der Waals surface area contributed by atoms with Crippen molar-refractivity contribution in [1.29, 1.82) is 0 Å². The summed E-state index contributed by atoms with van der Waals surface area (Å²) in [7, 11) is 0. The molecular weight excluding hydrogens is 385 g/mol. The van der Waals surface area contributed by atoms with Crippen LogP contribution in [-0.4, -0.2) is 29.7 Å². The van der Waals surface area contributed by atoms with E-state index in [0.29, 0.717) is 22.6 Å². The Balaban J connectivity index is 1.89. The molecule has 4 heterocycles. The molecule has 0 unspecified atom stereocenters. The summed E-state index contributed by atoms with van der Waals surface area (Å²) in [6.07, 6.45) is 5.23. The number of aryl methyl sites for hydroxylation is 1. The maximum atomic E-state index is 13.5. The van der Waals surface area contributed by atoms with Gasteiger partial charge < -0.3 is 15.9 Å². The van der Waals surface area contributed by atoms with Crippen LogP contribution in [0.5, 0.6) is 0 Å². The Morgan fingerprint density at radius 1 is 1.00 bits per heavy atom. The molecule has 0 saturated heterocycles. The van der Waals surface area contributed by atoms with Gasteiger partial charge in [0.25, 0.3) is 5.91 Å². The first kappa shape index (κ1) is 17.8. The van der Waals surface area contributed by atoms with Crippen molar-refractivity contribution in [3.63, 3.8) is 0 Å². The number of anilines is 1. The third kappa shape index (κ3) is 2.67. The molecule has 0 spiro atoms. The highest BCUT2D eigenvalue weighted by atomic mass is 19.1. The zero-order chi connectivity index (χ0) is 21.0. The van der Waals surface area contributed by atoms with Crippen LogP contribution in [0.2, 0.25) is 0 Å². The second-order valence-corrected chi connectivity index (χ2v) is 6.93. The smallest absolute Gasteiger partial charge is 0.268 e. The second-order valence-electron chi connectivity index (χ2n) is 6.93. The van der Waals surface area contributed by atoms with Crippen LogP contribution in [-0.2, 0) is 0 Å². The first-order chi connectivity index (χ1) is 14.4. The Hall–Kier alpha value is -4.27. The van der Waals surface area contributed by atoms with Crippen molar-refractivity contribution in [1.82, 2.24) is 23.8 Å². The van der Waals surface area contributed by atoms with Gasteiger partial charge in [0.1, 0.15) is 17.2 Å². The molecule has 0 atom stereocenters. The molecule has 0 bridgehead atoms. The third-order valence-electron chi connectivity index (χ3n) is 4.97. The van der Waals surface area contributed by atoms with E-state index < -0.39 is 5.91 Å². The molecule has 0 radical (unpaired) electrons. The average Bonchev–Trinajstić information content (AvgIpc) is 3.33. The summed E-state index contributed by atoms with van der Waals surface area (Å²) in [5.74, 6) is -0.901. The summed E-state index contributed by atoms with van der Waals surface area (Å²) in [5, 5.41) is 0. The van der Waals surface area contributed by atoms with Crippen molar-refractivity contribution in [2.45, 2.75) is 6.92 Å². The first-order valence-corrected chi connectivity index (χ1v) is 9.11. The van der Waals surface area contributed by atoms with Gasteiger partial charge in [-0.3, -0.25) is 9.20 Å². The number of carbonyl (C=O) groups excluding carboxylic acids is 1. The number of primary amides is 1. The zero-order valence-corrected chi connectivity index (χ0v) is 15.9. The van der Waals surface area contributed by atoms with Crippen LogP contribution in [0.15, 0.2) is 55.0 Å². The first-order valence-electron chi connectivity index (χ1n) is 9.11. The molecule has 148 valence electrons. The molecule has 0 fully saturated rings. The second kappa shape index (κ2) is 6.38. The number of nitrogens with two attached hydrogens (primary N) is 2. The van der Waals surface area contributed by atoms with E-state index in [1.165, 1.54) is 18.3 Å². The molecule has 4 N–H and O–H groups in total. The highest BCUT2D eigenvalue weighted by Gasteiger charge is 2.20. The lowest BCUT2D eigenvalue weighted by Gasteiger charge is -2.14. The predicted molar refractivity (Wildman–Crippen MR) is 110 cm³/mol. The molecule has 1 aromatic carbocycles. The number of fused-ring (bicyclic) bond motifs is 2. The fourth-order valence-corrected chi connectivity index (χ4v) is 3.51. The van der Waals surface area contributed by atoms with Crippen molar-refractivity contribution in [2.24, 2.45) is 5.73 Å². The maximum Gasteiger partial charge on any atom is 0.268 e. The van der Waals surface area contributed by atoms with Crippen molar-refractivity contribution in [3.8, 4) is 22.5 Å². The normalized spacial score (nSPS) is 11.4. The number of benzene rings is 1. The van der Waals surface area contributed by atoms with Crippen LogP contribution < -0.4 is 11.5 Å². The van der Waals surface area contributed by atoms with E-state index in [1.807, 2.05) is 29.7 Å². The number of pyridine rings is 1. The fourth-order valence-electron chi connectivity index (χ4n) is 3.51. The Bertz CT molecular complexity index is 1450. The van der Waals surface area contributed by atoms with E-state index in [2.05, 4.69) is 15.0 Å².